The number of amides is 1. The Morgan fingerprint density at radius 1 is 1.24 bits per heavy atom. The van der Waals surface area contributed by atoms with Gasteiger partial charge in [0.1, 0.15) is 0 Å². The lowest BCUT2D eigenvalue weighted by atomic mass is 9.89. The zero-order chi connectivity index (χ0) is 12.1. The average molecular weight is 255 g/mol. The Morgan fingerprint density at radius 2 is 1.94 bits per heavy atom. The van der Waals surface area contributed by atoms with Gasteiger partial charge in [0, 0.05) is 18.3 Å². The van der Waals surface area contributed by atoms with Gasteiger partial charge in [-0.3, -0.25) is 15.6 Å². The van der Waals surface area contributed by atoms with Gasteiger partial charge in [0.2, 0.25) is 5.91 Å². The van der Waals surface area contributed by atoms with E-state index in [1.807, 2.05) is 0 Å². The van der Waals surface area contributed by atoms with E-state index in [-0.39, 0.29) is 17.0 Å². The number of anilines is 1. The van der Waals surface area contributed by atoms with Crippen LogP contribution in [0.25, 0.3) is 0 Å². The number of carbonyl (C=O) groups excluding carboxylic acids is 1. The molecule has 92 valence electrons. The molecule has 0 saturated heterocycles. The van der Waals surface area contributed by atoms with Crippen molar-refractivity contribution in [1.82, 2.24) is 15.4 Å². The maximum Gasteiger partial charge on any atom is 0.241 e. The summed E-state index contributed by atoms with van der Waals surface area (Å²) in [6.07, 6.45) is 8.42. The fourth-order valence-electron chi connectivity index (χ4n) is 1.99. The van der Waals surface area contributed by atoms with Crippen molar-refractivity contribution in [3.05, 3.63) is 17.5 Å². The van der Waals surface area contributed by atoms with Crippen molar-refractivity contribution in [1.29, 1.82) is 0 Å². The summed E-state index contributed by atoms with van der Waals surface area (Å²) >= 11 is 5.81. The summed E-state index contributed by atoms with van der Waals surface area (Å²) in [6, 6.07) is 0. The van der Waals surface area contributed by atoms with Gasteiger partial charge in [-0.25, -0.2) is 9.97 Å². The molecule has 0 atom stereocenters. The zero-order valence-corrected chi connectivity index (χ0v) is 10.2. The smallest absolute Gasteiger partial charge is 0.241 e. The second-order valence-corrected chi connectivity index (χ2v) is 4.50. The van der Waals surface area contributed by atoms with E-state index in [1.165, 1.54) is 18.8 Å². The number of carbonyl (C=O) groups is 1. The summed E-state index contributed by atoms with van der Waals surface area (Å²) in [5, 5.41) is 0.247. The van der Waals surface area contributed by atoms with Crippen LogP contribution in [0.5, 0.6) is 0 Å². The molecule has 1 aromatic rings. The third-order valence-corrected chi connectivity index (χ3v) is 3.21. The third-order valence-electron chi connectivity index (χ3n) is 2.93. The van der Waals surface area contributed by atoms with Gasteiger partial charge in [-0.1, -0.05) is 30.9 Å². The largest absolute Gasteiger partial charge is 0.279 e. The highest BCUT2D eigenvalue weighted by Crippen LogP contribution is 2.23. The summed E-state index contributed by atoms with van der Waals surface area (Å²) in [6.45, 7) is 0. The first kappa shape index (κ1) is 12.1. The fraction of sp³-hybridized carbons (Fsp3) is 0.545. The molecule has 6 heteroatoms. The predicted molar refractivity (Wildman–Crippen MR) is 65.4 cm³/mol. The number of hydrazine groups is 1. The van der Waals surface area contributed by atoms with Crippen molar-refractivity contribution < 1.29 is 4.79 Å². The first-order valence-electron chi connectivity index (χ1n) is 5.80. The Labute approximate surface area is 105 Å². The zero-order valence-electron chi connectivity index (χ0n) is 9.45. The number of aromatic nitrogens is 2. The lowest BCUT2D eigenvalue weighted by Gasteiger charge is -2.20. The first-order chi connectivity index (χ1) is 8.27. The Hall–Kier alpha value is -1.36. The molecule has 0 unspecified atom stereocenters. The SMILES string of the molecule is O=C(NNc1nccnc1Cl)C1CCCCC1. The lowest BCUT2D eigenvalue weighted by Crippen LogP contribution is -2.36. The van der Waals surface area contributed by atoms with Gasteiger partial charge in [-0.2, -0.15) is 0 Å². The molecule has 0 aliphatic heterocycles. The van der Waals surface area contributed by atoms with Crippen molar-refractivity contribution in [3.8, 4) is 0 Å². The summed E-state index contributed by atoms with van der Waals surface area (Å²) in [4.78, 5) is 19.7. The molecule has 1 aliphatic rings. The monoisotopic (exact) mass is 254 g/mol. The third kappa shape index (κ3) is 3.30. The molecule has 1 aliphatic carbocycles. The molecule has 1 amide bonds. The van der Waals surface area contributed by atoms with E-state index in [2.05, 4.69) is 20.8 Å². The molecular formula is C11H15ClN4O. The highest BCUT2D eigenvalue weighted by molar-refractivity contribution is 6.31. The van der Waals surface area contributed by atoms with Crippen molar-refractivity contribution in [2.45, 2.75) is 32.1 Å². The summed E-state index contributed by atoms with van der Waals surface area (Å²) < 4.78 is 0. The molecule has 0 bridgehead atoms. The number of halogens is 1. The van der Waals surface area contributed by atoms with E-state index in [9.17, 15) is 4.79 Å². The number of hydrogen-bond donors (Lipinski definition) is 2. The van der Waals surface area contributed by atoms with E-state index >= 15 is 0 Å². The summed E-state index contributed by atoms with van der Waals surface area (Å²) in [5.74, 6) is 0.483. The van der Waals surface area contributed by atoms with Gasteiger partial charge < -0.3 is 0 Å². The van der Waals surface area contributed by atoms with Crippen LogP contribution < -0.4 is 10.9 Å². The molecule has 0 spiro atoms. The van der Waals surface area contributed by atoms with Crippen LogP contribution in [0.3, 0.4) is 0 Å². The maximum atomic E-state index is 11.8. The van der Waals surface area contributed by atoms with Gasteiger partial charge >= 0.3 is 0 Å². The minimum Gasteiger partial charge on any atom is -0.279 e. The highest BCUT2D eigenvalue weighted by atomic mass is 35.5. The van der Waals surface area contributed by atoms with Crippen LogP contribution in [0.15, 0.2) is 12.4 Å². The Bertz CT molecular complexity index is 393. The lowest BCUT2D eigenvalue weighted by molar-refractivity contribution is -0.125. The molecule has 1 fully saturated rings. The minimum absolute atomic E-state index is 0.00594. The summed E-state index contributed by atoms with van der Waals surface area (Å²) in [7, 11) is 0. The van der Waals surface area contributed by atoms with E-state index in [4.69, 9.17) is 11.6 Å². The molecule has 1 saturated carbocycles. The van der Waals surface area contributed by atoms with Crippen LogP contribution >= 0.6 is 11.6 Å². The Kier molecular flexibility index (Phi) is 4.14. The van der Waals surface area contributed by atoms with Crippen LogP contribution in [0, 0.1) is 5.92 Å². The van der Waals surface area contributed by atoms with Crippen LogP contribution in [-0.4, -0.2) is 15.9 Å². The van der Waals surface area contributed by atoms with E-state index < -0.39 is 0 Å². The molecule has 0 aromatic carbocycles. The molecule has 2 N–H and O–H groups in total. The van der Waals surface area contributed by atoms with Crippen molar-refractivity contribution in [3.63, 3.8) is 0 Å². The average Bonchev–Trinajstić information content (AvgIpc) is 2.38. The van der Waals surface area contributed by atoms with Gasteiger partial charge in [-0.05, 0) is 12.8 Å². The fourth-order valence-corrected chi connectivity index (χ4v) is 2.14. The standard InChI is InChI=1S/C11H15ClN4O/c12-9-10(14-7-6-13-9)15-16-11(17)8-4-2-1-3-5-8/h6-8H,1-5H2,(H,14,15)(H,16,17). The molecule has 17 heavy (non-hydrogen) atoms. The van der Waals surface area contributed by atoms with Crippen LogP contribution in [0.4, 0.5) is 5.82 Å². The molecule has 1 aromatic heterocycles. The summed E-state index contributed by atoms with van der Waals surface area (Å²) in [5.41, 5.74) is 5.34. The second kappa shape index (κ2) is 5.82. The van der Waals surface area contributed by atoms with Gasteiger partial charge in [0.15, 0.2) is 11.0 Å². The topological polar surface area (TPSA) is 66.9 Å². The normalized spacial score (nSPS) is 16.5. The maximum absolute atomic E-state index is 11.8. The van der Waals surface area contributed by atoms with E-state index in [0.717, 1.165) is 25.7 Å². The first-order valence-corrected chi connectivity index (χ1v) is 6.17. The quantitative estimate of drug-likeness (QED) is 0.811. The molecular weight excluding hydrogens is 240 g/mol. The second-order valence-electron chi connectivity index (χ2n) is 4.14. The van der Waals surface area contributed by atoms with Crippen molar-refractivity contribution in [2.75, 3.05) is 5.43 Å². The van der Waals surface area contributed by atoms with Gasteiger partial charge in [0.25, 0.3) is 0 Å². The number of nitrogens with one attached hydrogen (secondary N) is 2. The predicted octanol–water partition coefficient (Wildman–Crippen LogP) is 2.15. The van der Waals surface area contributed by atoms with E-state index in [1.54, 1.807) is 0 Å². The number of rotatable bonds is 3. The Balaban J connectivity index is 1.85. The molecule has 5 nitrogen and oxygen atoms in total. The van der Waals surface area contributed by atoms with Crippen LogP contribution in [0.1, 0.15) is 32.1 Å². The van der Waals surface area contributed by atoms with Crippen LogP contribution in [-0.2, 0) is 4.79 Å². The van der Waals surface area contributed by atoms with Gasteiger partial charge in [-0.15, -0.1) is 0 Å². The molecule has 2 rings (SSSR count). The van der Waals surface area contributed by atoms with Crippen LogP contribution in [0.2, 0.25) is 5.15 Å². The highest BCUT2D eigenvalue weighted by Gasteiger charge is 2.20. The van der Waals surface area contributed by atoms with Crippen molar-refractivity contribution >= 4 is 23.3 Å². The molecule has 1 heterocycles. The number of nitrogens with zero attached hydrogens (tertiary/aromatic N) is 2. The minimum atomic E-state index is 0.00594. The number of hydrogen-bond acceptors (Lipinski definition) is 4. The van der Waals surface area contributed by atoms with Gasteiger partial charge in [0.05, 0.1) is 0 Å². The Morgan fingerprint density at radius 3 is 2.65 bits per heavy atom. The molecule has 0 radical (unpaired) electrons. The van der Waals surface area contributed by atoms with E-state index in [0.29, 0.717) is 5.82 Å². The van der Waals surface area contributed by atoms with Crippen molar-refractivity contribution in [2.24, 2.45) is 5.92 Å².